The lowest BCUT2D eigenvalue weighted by atomic mass is 9.99. The zero-order valence-electron chi connectivity index (χ0n) is 18.0. The van der Waals surface area contributed by atoms with Crippen molar-refractivity contribution >= 4 is 5.97 Å². The molecule has 0 radical (unpaired) electrons. The Hall–Kier alpha value is -4.78. The highest BCUT2D eigenvalue weighted by molar-refractivity contribution is 5.83. The summed E-state index contributed by atoms with van der Waals surface area (Å²) in [7, 11) is 0. The summed E-state index contributed by atoms with van der Waals surface area (Å²) < 4.78 is 11.6. The minimum Gasteiger partial charge on any atom is -0.482 e. The summed E-state index contributed by atoms with van der Waals surface area (Å²) in [5.41, 5.74) is 4.42. The van der Waals surface area contributed by atoms with Crippen LogP contribution in [-0.2, 0) is 4.79 Å². The average molecular weight is 449 g/mol. The van der Waals surface area contributed by atoms with E-state index in [1.807, 2.05) is 72.8 Å². The maximum Gasteiger partial charge on any atom is 0.341 e. The predicted octanol–water partition coefficient (Wildman–Crippen LogP) is 5.60. The second-order valence-corrected chi connectivity index (χ2v) is 7.38. The van der Waals surface area contributed by atoms with Gasteiger partial charge in [0.05, 0.1) is 5.69 Å². The Morgan fingerprint density at radius 2 is 1.53 bits per heavy atom. The van der Waals surface area contributed by atoms with Crippen LogP contribution >= 0.6 is 0 Å². The third kappa shape index (κ3) is 4.40. The van der Waals surface area contributed by atoms with Crippen molar-refractivity contribution in [2.24, 2.45) is 0 Å². The van der Waals surface area contributed by atoms with E-state index in [1.165, 1.54) is 0 Å². The summed E-state index contributed by atoms with van der Waals surface area (Å²) in [4.78, 5) is 24.6. The highest BCUT2D eigenvalue weighted by Gasteiger charge is 2.21. The number of carboxylic acid groups (broad SMARTS) is 1. The van der Waals surface area contributed by atoms with E-state index in [4.69, 9.17) is 19.2 Å². The predicted molar refractivity (Wildman–Crippen MR) is 127 cm³/mol. The Bertz CT molecular complexity index is 1380. The Morgan fingerprint density at radius 3 is 2.24 bits per heavy atom. The van der Waals surface area contributed by atoms with Gasteiger partial charge in [-0.05, 0) is 53.6 Å². The lowest BCUT2D eigenvalue weighted by Gasteiger charge is -2.09. The van der Waals surface area contributed by atoms with Crippen LogP contribution in [0.4, 0.5) is 0 Å². The number of carbonyl (C=O) groups is 1. The van der Waals surface area contributed by atoms with Gasteiger partial charge in [0.15, 0.2) is 12.4 Å². The van der Waals surface area contributed by atoms with Crippen LogP contribution in [0.15, 0.2) is 102 Å². The lowest BCUT2D eigenvalue weighted by molar-refractivity contribution is -0.139. The van der Waals surface area contributed by atoms with Crippen LogP contribution in [0.3, 0.4) is 0 Å². The Kier molecular flexibility index (Phi) is 5.82. The molecule has 7 heteroatoms. The number of ether oxygens (including phenoxy) is 1. The highest BCUT2D eigenvalue weighted by atomic mass is 16.5. The van der Waals surface area contributed by atoms with E-state index in [0.717, 1.165) is 16.7 Å². The summed E-state index contributed by atoms with van der Waals surface area (Å²) in [6.07, 6.45) is 3.42. The zero-order valence-corrected chi connectivity index (χ0v) is 18.0. The number of carboxylic acids is 1. The Morgan fingerprint density at radius 1 is 0.824 bits per heavy atom. The molecule has 0 atom stereocenters. The van der Waals surface area contributed by atoms with Gasteiger partial charge in [-0.1, -0.05) is 42.5 Å². The van der Waals surface area contributed by atoms with Gasteiger partial charge in [-0.2, -0.15) is 0 Å². The fraction of sp³-hybridized carbons (Fsp3) is 0.0370. The maximum atomic E-state index is 10.9. The second kappa shape index (κ2) is 9.38. The molecule has 0 aliphatic rings. The number of benzene rings is 2. The van der Waals surface area contributed by atoms with Gasteiger partial charge in [-0.3, -0.25) is 9.97 Å². The number of aromatic nitrogens is 3. The molecule has 1 N–H and O–H groups in total. The van der Waals surface area contributed by atoms with E-state index in [9.17, 15) is 4.79 Å². The average Bonchev–Trinajstić information content (AvgIpc) is 3.34. The van der Waals surface area contributed by atoms with Gasteiger partial charge in [0.2, 0.25) is 5.89 Å². The van der Waals surface area contributed by atoms with E-state index < -0.39 is 12.6 Å². The summed E-state index contributed by atoms with van der Waals surface area (Å²) in [5.74, 6) is 0.386. The van der Waals surface area contributed by atoms with E-state index >= 15 is 0 Å². The fourth-order valence-electron chi connectivity index (χ4n) is 3.60. The van der Waals surface area contributed by atoms with Gasteiger partial charge >= 0.3 is 5.97 Å². The van der Waals surface area contributed by atoms with Crippen molar-refractivity contribution in [2.75, 3.05) is 6.61 Å². The van der Waals surface area contributed by atoms with Crippen LogP contribution < -0.4 is 4.74 Å². The van der Waals surface area contributed by atoms with Gasteiger partial charge in [-0.25, -0.2) is 9.78 Å². The molecule has 5 aromatic rings. The number of hydrogen-bond acceptors (Lipinski definition) is 6. The third-order valence-corrected chi connectivity index (χ3v) is 5.10. The number of rotatable bonds is 7. The van der Waals surface area contributed by atoms with Crippen molar-refractivity contribution in [1.29, 1.82) is 0 Å². The zero-order chi connectivity index (χ0) is 23.3. The molecule has 0 saturated carbocycles. The van der Waals surface area contributed by atoms with Crippen LogP contribution in [0.2, 0.25) is 0 Å². The van der Waals surface area contributed by atoms with Crippen LogP contribution in [0.25, 0.3) is 45.4 Å². The summed E-state index contributed by atoms with van der Waals surface area (Å²) in [6.45, 7) is -0.411. The number of aliphatic carboxylic acids is 1. The van der Waals surface area contributed by atoms with E-state index in [-0.39, 0.29) is 0 Å². The SMILES string of the molecule is O=C(O)COc1cccc(-c2ccccc2-c2nc(-c3ccccn3)c(-c3ccccn3)o2)c1. The standard InChI is InChI=1S/C27H19N3O4/c31-24(32)17-33-19-9-7-8-18(16-19)20-10-1-2-11-21(20)27-30-25(22-12-3-5-14-28-22)26(34-27)23-13-4-6-15-29-23/h1-16H,17H2,(H,31,32). The maximum absolute atomic E-state index is 10.9. The minimum atomic E-state index is -1.03. The first-order chi connectivity index (χ1) is 16.7. The number of nitrogens with zero attached hydrogens (tertiary/aromatic N) is 3. The summed E-state index contributed by atoms with van der Waals surface area (Å²) in [5, 5.41) is 8.91. The third-order valence-electron chi connectivity index (χ3n) is 5.10. The molecule has 0 bridgehead atoms. The molecule has 166 valence electrons. The van der Waals surface area contributed by atoms with Crippen molar-refractivity contribution in [2.45, 2.75) is 0 Å². The molecule has 3 heterocycles. The van der Waals surface area contributed by atoms with E-state index in [1.54, 1.807) is 24.5 Å². The normalized spacial score (nSPS) is 10.7. The lowest BCUT2D eigenvalue weighted by Crippen LogP contribution is -2.09. The molecule has 34 heavy (non-hydrogen) atoms. The second-order valence-electron chi connectivity index (χ2n) is 7.38. The number of hydrogen-bond donors (Lipinski definition) is 1. The summed E-state index contributed by atoms with van der Waals surface area (Å²) in [6, 6.07) is 26.2. The molecule has 2 aromatic carbocycles. The minimum absolute atomic E-state index is 0.411. The molecule has 3 aromatic heterocycles. The molecule has 0 unspecified atom stereocenters. The number of oxazole rings is 1. The molecule has 7 nitrogen and oxygen atoms in total. The molecule has 0 spiro atoms. The molecular weight excluding hydrogens is 430 g/mol. The topological polar surface area (TPSA) is 98.3 Å². The largest absolute Gasteiger partial charge is 0.482 e. The summed E-state index contributed by atoms with van der Waals surface area (Å²) >= 11 is 0. The Labute approximate surface area is 195 Å². The first kappa shape index (κ1) is 21.1. The first-order valence-corrected chi connectivity index (χ1v) is 10.6. The van der Waals surface area contributed by atoms with Crippen molar-refractivity contribution in [3.05, 3.63) is 97.3 Å². The van der Waals surface area contributed by atoms with Crippen molar-refractivity contribution in [1.82, 2.24) is 15.0 Å². The molecule has 0 fully saturated rings. The number of pyridine rings is 2. The molecule has 5 rings (SSSR count). The quantitative estimate of drug-likeness (QED) is 0.345. The molecule has 0 amide bonds. The molecule has 0 aliphatic heterocycles. The Balaban J connectivity index is 1.62. The molecular formula is C27H19N3O4. The van der Waals surface area contributed by atoms with Crippen molar-refractivity contribution in [3.8, 4) is 51.2 Å². The van der Waals surface area contributed by atoms with Gasteiger partial charge in [0.25, 0.3) is 0 Å². The van der Waals surface area contributed by atoms with Crippen LogP contribution in [0.5, 0.6) is 5.75 Å². The fourth-order valence-corrected chi connectivity index (χ4v) is 3.60. The molecule has 0 aliphatic carbocycles. The smallest absolute Gasteiger partial charge is 0.341 e. The first-order valence-electron chi connectivity index (χ1n) is 10.6. The highest BCUT2D eigenvalue weighted by Crippen LogP contribution is 2.38. The van der Waals surface area contributed by atoms with Gasteiger partial charge in [0.1, 0.15) is 17.1 Å². The van der Waals surface area contributed by atoms with Gasteiger partial charge < -0.3 is 14.3 Å². The van der Waals surface area contributed by atoms with Crippen LogP contribution in [0.1, 0.15) is 0 Å². The van der Waals surface area contributed by atoms with Crippen molar-refractivity contribution in [3.63, 3.8) is 0 Å². The van der Waals surface area contributed by atoms with Gasteiger partial charge in [0, 0.05) is 18.0 Å². The van der Waals surface area contributed by atoms with Crippen molar-refractivity contribution < 1.29 is 19.1 Å². The van der Waals surface area contributed by atoms with Gasteiger partial charge in [-0.15, -0.1) is 0 Å². The monoisotopic (exact) mass is 449 g/mol. The van der Waals surface area contributed by atoms with Crippen LogP contribution in [0, 0.1) is 0 Å². The van der Waals surface area contributed by atoms with Crippen LogP contribution in [-0.4, -0.2) is 32.6 Å². The molecule has 0 saturated heterocycles. The van der Waals surface area contributed by atoms with E-state index in [0.29, 0.717) is 34.5 Å². The van der Waals surface area contributed by atoms with E-state index in [2.05, 4.69) is 9.97 Å².